The summed E-state index contributed by atoms with van der Waals surface area (Å²) >= 11 is 0.701. The van der Waals surface area contributed by atoms with E-state index in [4.69, 9.17) is 0 Å². The van der Waals surface area contributed by atoms with Crippen LogP contribution in [0.15, 0.2) is 47.4 Å². The van der Waals surface area contributed by atoms with Crippen molar-refractivity contribution >= 4 is 51.8 Å². The van der Waals surface area contributed by atoms with Crippen LogP contribution in [0.4, 0.5) is 20.6 Å². The number of imide groups is 1. The Morgan fingerprint density at radius 2 is 1.91 bits per heavy atom. The first-order chi connectivity index (χ1) is 16.0. The lowest BCUT2D eigenvalue weighted by molar-refractivity contribution is -0.127. The summed E-state index contributed by atoms with van der Waals surface area (Å²) < 4.78 is 15.0. The van der Waals surface area contributed by atoms with Crippen LogP contribution in [0.5, 0.6) is 0 Å². The molecule has 6 nitrogen and oxygen atoms in total. The van der Waals surface area contributed by atoms with Crippen molar-refractivity contribution in [2.45, 2.75) is 33.2 Å². The van der Waals surface area contributed by atoms with E-state index in [9.17, 15) is 14.4 Å². The van der Waals surface area contributed by atoms with Crippen LogP contribution in [-0.2, 0) is 9.59 Å². The van der Waals surface area contributed by atoms with Gasteiger partial charge in [-0.15, -0.1) is 0 Å². The number of amides is 3. The number of anilines is 2. The summed E-state index contributed by atoms with van der Waals surface area (Å²) in [6, 6.07) is 10.4. The van der Waals surface area contributed by atoms with Crippen molar-refractivity contribution < 1.29 is 18.8 Å². The molecule has 3 amide bonds. The first-order valence-corrected chi connectivity index (χ1v) is 11.7. The van der Waals surface area contributed by atoms with Gasteiger partial charge in [0.05, 0.1) is 10.4 Å². The van der Waals surface area contributed by atoms with Gasteiger partial charge in [0.25, 0.3) is 11.1 Å². The van der Waals surface area contributed by atoms with Crippen LogP contribution < -0.4 is 10.2 Å². The van der Waals surface area contributed by atoms with Crippen LogP contribution in [-0.4, -0.2) is 41.1 Å². The van der Waals surface area contributed by atoms with Crippen molar-refractivity contribution in [1.82, 2.24) is 4.90 Å². The average Bonchev–Trinajstić information content (AvgIpc) is 3.00. The molecule has 0 radical (unpaired) electrons. The number of nitrogens with one attached hydrogen (secondary N) is 1. The van der Waals surface area contributed by atoms with Gasteiger partial charge in [0, 0.05) is 29.5 Å². The van der Waals surface area contributed by atoms with E-state index in [1.165, 1.54) is 12.1 Å². The van der Waals surface area contributed by atoms with Gasteiger partial charge >= 0.3 is 0 Å². The second-order valence-electron chi connectivity index (χ2n) is 9.12. The second-order valence-corrected chi connectivity index (χ2v) is 10.1. The molecular weight excluding hydrogens is 453 g/mol. The molecule has 4 rings (SSSR count). The topological polar surface area (TPSA) is 69.7 Å². The minimum Gasteiger partial charge on any atom is -0.365 e. The van der Waals surface area contributed by atoms with E-state index in [0.29, 0.717) is 17.4 Å². The van der Waals surface area contributed by atoms with Crippen LogP contribution in [0.1, 0.15) is 37.5 Å². The van der Waals surface area contributed by atoms with E-state index in [2.05, 4.69) is 25.2 Å². The van der Waals surface area contributed by atoms with E-state index in [-0.39, 0.29) is 16.0 Å². The Labute approximate surface area is 202 Å². The normalized spacial score (nSPS) is 18.3. The number of thioether (sulfide) groups is 1. The Kier molecular flexibility index (Phi) is 6.12. The number of nitrogens with zero attached hydrogens (tertiary/aromatic N) is 2. The summed E-state index contributed by atoms with van der Waals surface area (Å²) in [4.78, 5) is 40.7. The standard InChI is InChI=1S/C26H26FN3O3S/c1-15-7-6-8-18(9-15)28-23(31)14-30-24(32)22(34-25(30)33)11-17-10-19-16(2)13-26(3,4)29(5)21(19)12-20(17)27/h6-13H,14H2,1-5H3,(H,28,31)/b22-11+. The van der Waals surface area contributed by atoms with Crippen molar-refractivity contribution in [3.05, 3.63) is 69.9 Å². The highest BCUT2D eigenvalue weighted by Crippen LogP contribution is 2.40. The monoisotopic (exact) mass is 479 g/mol. The molecule has 8 heteroatoms. The lowest BCUT2D eigenvalue weighted by atomic mass is 9.88. The number of carbonyl (C=O) groups is 3. The van der Waals surface area contributed by atoms with Crippen LogP contribution in [0, 0.1) is 12.7 Å². The minimum atomic E-state index is -0.614. The largest absolute Gasteiger partial charge is 0.365 e. The molecule has 1 saturated heterocycles. The number of halogens is 1. The van der Waals surface area contributed by atoms with Crippen LogP contribution in [0.25, 0.3) is 11.6 Å². The van der Waals surface area contributed by atoms with Gasteiger partial charge in [0.2, 0.25) is 5.91 Å². The van der Waals surface area contributed by atoms with E-state index in [0.717, 1.165) is 27.3 Å². The number of carbonyl (C=O) groups excluding carboxylic acids is 3. The van der Waals surface area contributed by atoms with Crippen molar-refractivity contribution in [1.29, 1.82) is 0 Å². The third-order valence-electron chi connectivity index (χ3n) is 6.10. The van der Waals surface area contributed by atoms with Crippen molar-refractivity contribution in [3.63, 3.8) is 0 Å². The Balaban J connectivity index is 1.56. The zero-order valence-corrected chi connectivity index (χ0v) is 20.5. The lowest BCUT2D eigenvalue weighted by Crippen LogP contribution is -2.42. The molecule has 2 heterocycles. The molecule has 0 spiro atoms. The van der Waals surface area contributed by atoms with Crippen LogP contribution in [0.2, 0.25) is 0 Å². The first-order valence-electron chi connectivity index (χ1n) is 10.9. The molecule has 0 saturated carbocycles. The Morgan fingerprint density at radius 1 is 1.18 bits per heavy atom. The smallest absolute Gasteiger partial charge is 0.294 e. The molecule has 1 N–H and O–H groups in total. The fraction of sp³-hybridized carbons (Fsp3) is 0.269. The molecule has 2 aliphatic heterocycles. The third kappa shape index (κ3) is 4.50. The van der Waals surface area contributed by atoms with Gasteiger partial charge in [-0.3, -0.25) is 19.3 Å². The molecule has 0 aliphatic carbocycles. The summed E-state index contributed by atoms with van der Waals surface area (Å²) in [5, 5.41) is 2.13. The molecule has 34 heavy (non-hydrogen) atoms. The van der Waals surface area contributed by atoms with Gasteiger partial charge in [0.1, 0.15) is 12.4 Å². The molecule has 0 unspecified atom stereocenters. The number of likely N-dealkylation sites (N-methyl/N-ethyl adjacent to an activating group) is 1. The van der Waals surface area contributed by atoms with E-state index < -0.39 is 29.4 Å². The molecule has 0 atom stereocenters. The van der Waals surface area contributed by atoms with Gasteiger partial charge in [-0.05, 0) is 80.9 Å². The summed E-state index contributed by atoms with van der Waals surface area (Å²) in [5.74, 6) is -1.59. The van der Waals surface area contributed by atoms with Crippen molar-refractivity contribution in [3.8, 4) is 0 Å². The molecule has 0 aromatic heterocycles. The molecular formula is C26H26FN3O3S. The minimum absolute atomic E-state index is 0.0818. The maximum atomic E-state index is 15.0. The third-order valence-corrected chi connectivity index (χ3v) is 7.01. The average molecular weight is 480 g/mol. The summed E-state index contributed by atoms with van der Waals surface area (Å²) in [5.41, 5.74) is 4.15. The number of hydrogen-bond donors (Lipinski definition) is 1. The predicted molar refractivity (Wildman–Crippen MR) is 135 cm³/mol. The molecule has 0 bridgehead atoms. The maximum absolute atomic E-state index is 15.0. The highest BCUT2D eigenvalue weighted by molar-refractivity contribution is 8.18. The van der Waals surface area contributed by atoms with Crippen LogP contribution in [0.3, 0.4) is 0 Å². The molecule has 2 aromatic rings. The predicted octanol–water partition coefficient (Wildman–Crippen LogP) is 5.44. The Bertz CT molecular complexity index is 1280. The zero-order chi connectivity index (χ0) is 24.8. The Hall–Kier alpha value is -3.39. The summed E-state index contributed by atoms with van der Waals surface area (Å²) in [7, 11) is 1.91. The summed E-state index contributed by atoms with van der Waals surface area (Å²) in [6.07, 6.45) is 3.49. The van der Waals surface area contributed by atoms with Gasteiger partial charge in [0.15, 0.2) is 0 Å². The van der Waals surface area contributed by atoms with E-state index >= 15 is 4.39 Å². The van der Waals surface area contributed by atoms with Gasteiger partial charge in [-0.2, -0.15) is 0 Å². The molecule has 2 aromatic carbocycles. The Morgan fingerprint density at radius 3 is 2.62 bits per heavy atom. The SMILES string of the molecule is CC1=CC(C)(C)N(C)c2cc(F)c(/C=C3/SC(=O)N(CC(=O)Nc4cccc(C)c4)C3=O)cc21. The van der Waals surface area contributed by atoms with Crippen molar-refractivity contribution in [2.24, 2.45) is 0 Å². The number of benzene rings is 2. The summed E-state index contributed by atoms with van der Waals surface area (Å²) in [6.45, 7) is 7.56. The fourth-order valence-corrected chi connectivity index (χ4v) is 4.97. The number of fused-ring (bicyclic) bond motifs is 1. The van der Waals surface area contributed by atoms with E-state index in [1.807, 2.05) is 31.9 Å². The number of hydrogen-bond acceptors (Lipinski definition) is 5. The highest BCUT2D eigenvalue weighted by Gasteiger charge is 2.37. The van der Waals surface area contributed by atoms with Crippen molar-refractivity contribution in [2.75, 3.05) is 23.8 Å². The molecule has 2 aliphatic rings. The maximum Gasteiger partial charge on any atom is 0.294 e. The van der Waals surface area contributed by atoms with Gasteiger partial charge < -0.3 is 10.2 Å². The number of rotatable bonds is 4. The highest BCUT2D eigenvalue weighted by atomic mass is 32.2. The van der Waals surface area contributed by atoms with Gasteiger partial charge in [-0.25, -0.2) is 4.39 Å². The lowest BCUT2D eigenvalue weighted by Gasteiger charge is -2.40. The van der Waals surface area contributed by atoms with E-state index in [1.54, 1.807) is 24.3 Å². The van der Waals surface area contributed by atoms with Gasteiger partial charge in [-0.1, -0.05) is 18.2 Å². The van der Waals surface area contributed by atoms with Crippen LogP contribution >= 0.6 is 11.8 Å². The zero-order valence-electron chi connectivity index (χ0n) is 19.7. The second kappa shape index (κ2) is 8.76. The quantitative estimate of drug-likeness (QED) is 0.592. The fourth-order valence-electron chi connectivity index (χ4n) is 4.14. The molecule has 176 valence electrons. The number of allylic oxidation sites excluding steroid dienone is 1. The molecule has 1 fully saturated rings. The number of aryl methyl sites for hydroxylation is 1. The first kappa shape index (κ1) is 23.8.